The third-order valence-corrected chi connectivity index (χ3v) is 6.90. The first kappa shape index (κ1) is 19.7. The largest absolute Gasteiger partial charge is 0.481 e. The number of hydrogen-bond acceptors (Lipinski definition) is 5. The highest BCUT2D eigenvalue weighted by molar-refractivity contribution is 7.89. The number of carboxylic acids is 1. The van der Waals surface area contributed by atoms with Crippen LogP contribution in [0.25, 0.3) is 0 Å². The summed E-state index contributed by atoms with van der Waals surface area (Å²) < 4.78 is 39.8. The number of rotatable bonds is 5. The lowest BCUT2D eigenvalue weighted by Gasteiger charge is -2.34. The molecule has 0 spiro atoms. The lowest BCUT2D eigenvalue weighted by molar-refractivity contribution is -0.141. The van der Waals surface area contributed by atoms with Crippen LogP contribution in [0.15, 0.2) is 29.2 Å². The number of aliphatic carboxylic acids is 1. The van der Waals surface area contributed by atoms with Crippen molar-refractivity contribution >= 4 is 21.9 Å². The summed E-state index contributed by atoms with van der Waals surface area (Å²) in [5, 5.41) is 9.02. The lowest BCUT2D eigenvalue weighted by atomic mass is 10.1. The first-order valence-corrected chi connectivity index (χ1v) is 10.2. The molecule has 2 aliphatic rings. The topological polar surface area (TPSA) is 98.2 Å². The molecule has 2 fully saturated rings. The van der Waals surface area contributed by atoms with Crippen molar-refractivity contribution in [2.24, 2.45) is 5.92 Å². The predicted octanol–water partition coefficient (Wildman–Crippen LogP) is 0.0651. The molecule has 0 saturated carbocycles. The number of piperazine rings is 1. The Bertz CT molecular complexity index is 824. The summed E-state index contributed by atoms with van der Waals surface area (Å²) >= 11 is 0. The minimum atomic E-state index is -3.79. The zero-order valence-electron chi connectivity index (χ0n) is 14.8. The van der Waals surface area contributed by atoms with Crippen molar-refractivity contribution in [2.45, 2.75) is 11.3 Å². The van der Waals surface area contributed by atoms with Crippen molar-refractivity contribution < 1.29 is 27.5 Å². The number of carbonyl (C=O) groups is 2. The fourth-order valence-corrected chi connectivity index (χ4v) is 4.88. The molecule has 2 saturated heterocycles. The van der Waals surface area contributed by atoms with Gasteiger partial charge in [0.1, 0.15) is 5.82 Å². The first-order chi connectivity index (χ1) is 12.8. The minimum Gasteiger partial charge on any atom is -0.481 e. The number of halogens is 1. The molecule has 1 aromatic carbocycles. The van der Waals surface area contributed by atoms with Gasteiger partial charge >= 0.3 is 5.97 Å². The van der Waals surface area contributed by atoms with Gasteiger partial charge in [0.05, 0.1) is 17.4 Å². The van der Waals surface area contributed by atoms with Crippen LogP contribution in [0.3, 0.4) is 0 Å². The maximum atomic E-state index is 13.3. The molecule has 3 rings (SSSR count). The Morgan fingerprint density at radius 2 is 1.85 bits per heavy atom. The first-order valence-electron chi connectivity index (χ1n) is 8.76. The molecule has 1 amide bonds. The molecule has 1 unspecified atom stereocenters. The van der Waals surface area contributed by atoms with Gasteiger partial charge < -0.3 is 10.0 Å². The van der Waals surface area contributed by atoms with E-state index in [1.165, 1.54) is 22.5 Å². The van der Waals surface area contributed by atoms with Crippen molar-refractivity contribution in [2.75, 3.05) is 45.8 Å². The van der Waals surface area contributed by atoms with E-state index >= 15 is 0 Å². The van der Waals surface area contributed by atoms with E-state index < -0.39 is 27.7 Å². The lowest BCUT2D eigenvalue weighted by Crippen LogP contribution is -2.52. The molecular weight excluding hydrogens is 377 g/mol. The van der Waals surface area contributed by atoms with Gasteiger partial charge in [-0.1, -0.05) is 6.07 Å². The van der Waals surface area contributed by atoms with Gasteiger partial charge in [-0.2, -0.15) is 4.31 Å². The summed E-state index contributed by atoms with van der Waals surface area (Å²) in [5.74, 6) is -2.04. The van der Waals surface area contributed by atoms with Crippen molar-refractivity contribution in [1.29, 1.82) is 0 Å². The fourth-order valence-electron chi connectivity index (χ4n) is 3.42. The van der Waals surface area contributed by atoms with Gasteiger partial charge in [-0.05, 0) is 31.2 Å². The molecule has 2 aliphatic heterocycles. The smallest absolute Gasteiger partial charge is 0.307 e. The molecule has 2 heterocycles. The highest BCUT2D eigenvalue weighted by atomic mass is 32.2. The molecule has 1 aromatic rings. The van der Waals surface area contributed by atoms with Crippen LogP contribution >= 0.6 is 0 Å². The van der Waals surface area contributed by atoms with Crippen LogP contribution in [0, 0.1) is 11.7 Å². The number of nitrogens with zero attached hydrogens (tertiary/aromatic N) is 3. The van der Waals surface area contributed by atoms with E-state index in [9.17, 15) is 22.4 Å². The monoisotopic (exact) mass is 399 g/mol. The van der Waals surface area contributed by atoms with Crippen LogP contribution in [-0.2, 0) is 19.6 Å². The highest BCUT2D eigenvalue weighted by Crippen LogP contribution is 2.19. The average molecular weight is 399 g/mol. The molecule has 0 aromatic heterocycles. The van der Waals surface area contributed by atoms with Crippen LogP contribution in [0.5, 0.6) is 0 Å². The summed E-state index contributed by atoms with van der Waals surface area (Å²) in [6.07, 6.45) is 0.530. The molecule has 0 aliphatic carbocycles. The maximum absolute atomic E-state index is 13.3. The number of likely N-dealkylation sites (tertiary alicyclic amines) is 1. The van der Waals surface area contributed by atoms with E-state index in [4.69, 9.17) is 5.11 Å². The predicted molar refractivity (Wildman–Crippen MR) is 93.9 cm³/mol. The number of carbonyl (C=O) groups excluding carboxylic acids is 1. The summed E-state index contributed by atoms with van der Waals surface area (Å²) in [6.45, 7) is 1.85. The van der Waals surface area contributed by atoms with Crippen molar-refractivity contribution in [1.82, 2.24) is 14.1 Å². The zero-order valence-corrected chi connectivity index (χ0v) is 15.6. The van der Waals surface area contributed by atoms with Crippen LogP contribution in [0.1, 0.15) is 6.42 Å². The van der Waals surface area contributed by atoms with Gasteiger partial charge in [0.25, 0.3) is 0 Å². The van der Waals surface area contributed by atoms with Gasteiger partial charge in [-0.15, -0.1) is 0 Å². The quantitative estimate of drug-likeness (QED) is 0.752. The zero-order chi connectivity index (χ0) is 19.6. The van der Waals surface area contributed by atoms with Gasteiger partial charge in [0.15, 0.2) is 0 Å². The summed E-state index contributed by atoms with van der Waals surface area (Å²) in [5.41, 5.74) is 0. The molecule has 27 heavy (non-hydrogen) atoms. The van der Waals surface area contributed by atoms with Crippen LogP contribution in [-0.4, -0.2) is 85.3 Å². The third-order valence-electron chi connectivity index (χ3n) is 5.01. The fraction of sp³-hybridized carbons (Fsp3) is 0.529. The molecule has 1 N–H and O–H groups in total. The Labute approximate surface area is 157 Å². The number of hydrogen-bond donors (Lipinski definition) is 1. The number of amides is 1. The second-order valence-electron chi connectivity index (χ2n) is 6.80. The molecule has 0 bridgehead atoms. The Kier molecular flexibility index (Phi) is 5.78. The Morgan fingerprint density at radius 1 is 1.15 bits per heavy atom. The standard InChI is InChI=1S/C17H22FN3O5S/c18-14-2-1-3-15(10-14)27(25,26)21-8-6-20(7-9-21)16(22)12-19-5-4-13(11-19)17(23)24/h1-3,10,13H,4-9,11-12H2,(H,23,24). The maximum Gasteiger partial charge on any atom is 0.307 e. The van der Waals surface area contributed by atoms with Gasteiger partial charge in [-0.25, -0.2) is 12.8 Å². The second kappa shape index (κ2) is 7.91. The summed E-state index contributed by atoms with van der Waals surface area (Å²) in [4.78, 5) is 26.7. The van der Waals surface area contributed by atoms with E-state index in [1.807, 2.05) is 4.90 Å². The molecule has 0 radical (unpaired) electrons. The SMILES string of the molecule is O=C(O)C1CCN(CC(=O)N2CCN(S(=O)(=O)c3cccc(F)c3)CC2)C1. The van der Waals surface area contributed by atoms with E-state index in [1.54, 1.807) is 4.90 Å². The van der Waals surface area contributed by atoms with Crippen LogP contribution in [0.2, 0.25) is 0 Å². The van der Waals surface area contributed by atoms with E-state index in [-0.39, 0.29) is 43.5 Å². The van der Waals surface area contributed by atoms with Gasteiger partial charge in [-0.3, -0.25) is 14.5 Å². The Hall–Kier alpha value is -2.04. The van der Waals surface area contributed by atoms with E-state index in [2.05, 4.69) is 0 Å². The second-order valence-corrected chi connectivity index (χ2v) is 8.74. The van der Waals surface area contributed by atoms with E-state index in [0.29, 0.717) is 19.5 Å². The van der Waals surface area contributed by atoms with Crippen LogP contribution in [0.4, 0.5) is 4.39 Å². The molecule has 8 nitrogen and oxygen atoms in total. The van der Waals surface area contributed by atoms with Crippen molar-refractivity contribution in [3.8, 4) is 0 Å². The summed E-state index contributed by atoms with van der Waals surface area (Å²) in [7, 11) is -3.79. The third kappa shape index (κ3) is 4.45. The number of sulfonamides is 1. The molecular formula is C17H22FN3O5S. The Morgan fingerprint density at radius 3 is 2.44 bits per heavy atom. The van der Waals surface area contributed by atoms with Gasteiger partial charge in [0, 0.05) is 32.7 Å². The molecule has 1 atom stereocenters. The highest BCUT2D eigenvalue weighted by Gasteiger charge is 2.33. The molecule has 10 heteroatoms. The molecule has 148 valence electrons. The summed E-state index contributed by atoms with van der Waals surface area (Å²) in [6, 6.07) is 4.87. The average Bonchev–Trinajstić information content (AvgIpc) is 3.10. The van der Waals surface area contributed by atoms with Crippen LogP contribution < -0.4 is 0 Å². The number of benzene rings is 1. The normalized spacial score (nSPS) is 22.1. The number of carboxylic acid groups (broad SMARTS) is 1. The van der Waals surface area contributed by atoms with Gasteiger partial charge in [0.2, 0.25) is 15.9 Å². The minimum absolute atomic E-state index is 0.0981. The Balaban J connectivity index is 1.54. The van der Waals surface area contributed by atoms with Crippen molar-refractivity contribution in [3.05, 3.63) is 30.1 Å². The van der Waals surface area contributed by atoms with Crippen molar-refractivity contribution in [3.63, 3.8) is 0 Å². The van der Waals surface area contributed by atoms with E-state index in [0.717, 1.165) is 6.07 Å².